The molecule has 0 aliphatic carbocycles. The molecular formula is C20H23NO7S. The maximum atomic E-state index is 12.9. The molecular weight excluding hydrogens is 398 g/mol. The molecule has 156 valence electrons. The highest BCUT2D eigenvalue weighted by atomic mass is 32.2. The van der Waals surface area contributed by atoms with Crippen LogP contribution in [0.3, 0.4) is 0 Å². The Morgan fingerprint density at radius 3 is 1.83 bits per heavy atom. The maximum absolute atomic E-state index is 12.9. The Labute approximate surface area is 169 Å². The number of methoxy groups -OCH3 is 4. The van der Waals surface area contributed by atoms with Crippen molar-refractivity contribution in [1.29, 1.82) is 0 Å². The number of nitrogens with two attached hydrogens (primary N) is 1. The second-order valence-corrected chi connectivity index (χ2v) is 7.88. The smallest absolute Gasteiger partial charge is 0.260 e. The third-order valence-electron chi connectivity index (χ3n) is 4.12. The van der Waals surface area contributed by atoms with Crippen molar-refractivity contribution in [1.82, 2.24) is 0 Å². The standard InChI is InChI=1S/C20H23NO7S/c1-25-14-7-5-13(6-8-14)12-29(23,24)19(20(21)22)11-16-17(27-3)9-15(26-2)10-18(16)28-4/h5-11H,12H2,1-4H3,(H2,21,22). The molecule has 0 heterocycles. The number of primary amides is 1. The third-order valence-corrected chi connectivity index (χ3v) is 5.82. The molecule has 2 N–H and O–H groups in total. The van der Waals surface area contributed by atoms with E-state index in [1.54, 1.807) is 36.4 Å². The van der Waals surface area contributed by atoms with Crippen molar-refractivity contribution >= 4 is 21.8 Å². The van der Waals surface area contributed by atoms with Crippen LogP contribution in [-0.4, -0.2) is 42.8 Å². The van der Waals surface area contributed by atoms with Crippen molar-refractivity contribution in [2.24, 2.45) is 5.73 Å². The zero-order chi connectivity index (χ0) is 21.6. The topological polar surface area (TPSA) is 114 Å². The van der Waals surface area contributed by atoms with E-state index in [4.69, 9.17) is 24.7 Å². The molecule has 0 aromatic heterocycles. The number of ether oxygens (including phenoxy) is 4. The number of carbonyl (C=O) groups is 1. The van der Waals surface area contributed by atoms with E-state index in [-0.39, 0.29) is 17.1 Å². The van der Waals surface area contributed by atoms with Crippen LogP contribution < -0.4 is 24.7 Å². The fraction of sp³-hybridized carbons (Fsp3) is 0.250. The molecule has 0 aliphatic rings. The van der Waals surface area contributed by atoms with Crippen LogP contribution in [0.5, 0.6) is 23.0 Å². The molecule has 8 nitrogen and oxygen atoms in total. The minimum Gasteiger partial charge on any atom is -0.497 e. The van der Waals surface area contributed by atoms with E-state index in [0.29, 0.717) is 17.1 Å². The van der Waals surface area contributed by atoms with Crippen LogP contribution in [0.25, 0.3) is 6.08 Å². The first-order chi connectivity index (χ1) is 13.7. The predicted molar refractivity (Wildman–Crippen MR) is 109 cm³/mol. The van der Waals surface area contributed by atoms with Gasteiger partial charge in [0.15, 0.2) is 9.84 Å². The Hall–Kier alpha value is -3.20. The monoisotopic (exact) mass is 421 g/mol. The van der Waals surface area contributed by atoms with E-state index in [2.05, 4.69) is 0 Å². The van der Waals surface area contributed by atoms with Crippen LogP contribution in [0.15, 0.2) is 41.3 Å². The highest BCUT2D eigenvalue weighted by Crippen LogP contribution is 2.36. The molecule has 0 radical (unpaired) electrons. The van der Waals surface area contributed by atoms with Crippen LogP contribution >= 0.6 is 0 Å². The molecule has 1 amide bonds. The molecule has 0 atom stereocenters. The molecule has 0 aliphatic heterocycles. The summed E-state index contributed by atoms with van der Waals surface area (Å²) >= 11 is 0. The summed E-state index contributed by atoms with van der Waals surface area (Å²) in [6.45, 7) is 0. The molecule has 0 spiro atoms. The Bertz CT molecular complexity index is 987. The molecule has 0 unspecified atom stereocenters. The van der Waals surface area contributed by atoms with Crippen LogP contribution in [-0.2, 0) is 20.4 Å². The van der Waals surface area contributed by atoms with Gasteiger partial charge in [0.05, 0.1) is 39.8 Å². The lowest BCUT2D eigenvalue weighted by atomic mass is 10.1. The molecule has 0 saturated carbocycles. The van der Waals surface area contributed by atoms with Gasteiger partial charge in [-0.3, -0.25) is 4.79 Å². The molecule has 9 heteroatoms. The number of hydrogen-bond acceptors (Lipinski definition) is 7. The molecule has 0 bridgehead atoms. The predicted octanol–water partition coefficient (Wildman–Crippen LogP) is 2.16. The normalized spacial score (nSPS) is 11.7. The van der Waals surface area contributed by atoms with Gasteiger partial charge in [0, 0.05) is 12.1 Å². The fourth-order valence-corrected chi connectivity index (χ4v) is 4.03. The molecule has 2 aromatic rings. The molecule has 0 saturated heterocycles. The van der Waals surface area contributed by atoms with Gasteiger partial charge < -0.3 is 24.7 Å². The van der Waals surface area contributed by atoms with Gasteiger partial charge in [-0.25, -0.2) is 8.42 Å². The zero-order valence-electron chi connectivity index (χ0n) is 16.6. The van der Waals surface area contributed by atoms with Gasteiger partial charge in [0.2, 0.25) is 0 Å². The molecule has 2 rings (SSSR count). The number of hydrogen-bond donors (Lipinski definition) is 1. The van der Waals surface area contributed by atoms with E-state index in [1.807, 2.05) is 0 Å². The van der Waals surface area contributed by atoms with Crippen LogP contribution in [0.1, 0.15) is 11.1 Å². The summed E-state index contributed by atoms with van der Waals surface area (Å²) in [7, 11) is 1.73. The Balaban J connectivity index is 2.55. The Morgan fingerprint density at radius 2 is 1.41 bits per heavy atom. The van der Waals surface area contributed by atoms with Gasteiger partial charge in [0.25, 0.3) is 5.91 Å². The van der Waals surface area contributed by atoms with Gasteiger partial charge in [-0.1, -0.05) is 12.1 Å². The number of amides is 1. The first kappa shape index (κ1) is 22.1. The van der Waals surface area contributed by atoms with Crippen LogP contribution in [0.4, 0.5) is 0 Å². The molecule has 29 heavy (non-hydrogen) atoms. The van der Waals surface area contributed by atoms with Gasteiger partial charge in [-0.2, -0.15) is 0 Å². The molecule has 0 fully saturated rings. The van der Waals surface area contributed by atoms with E-state index < -0.39 is 26.4 Å². The van der Waals surface area contributed by atoms with E-state index >= 15 is 0 Å². The average molecular weight is 421 g/mol. The highest BCUT2D eigenvalue weighted by Gasteiger charge is 2.25. The highest BCUT2D eigenvalue weighted by molar-refractivity contribution is 7.95. The van der Waals surface area contributed by atoms with Gasteiger partial charge in [-0.05, 0) is 23.8 Å². The average Bonchev–Trinajstić information content (AvgIpc) is 2.71. The van der Waals surface area contributed by atoms with Crippen molar-refractivity contribution in [3.63, 3.8) is 0 Å². The van der Waals surface area contributed by atoms with Crippen molar-refractivity contribution in [3.05, 3.63) is 52.4 Å². The van der Waals surface area contributed by atoms with E-state index in [9.17, 15) is 13.2 Å². The lowest BCUT2D eigenvalue weighted by molar-refractivity contribution is -0.113. The maximum Gasteiger partial charge on any atom is 0.260 e. The number of sulfone groups is 1. The third kappa shape index (κ3) is 5.20. The van der Waals surface area contributed by atoms with Crippen molar-refractivity contribution in [2.75, 3.05) is 28.4 Å². The van der Waals surface area contributed by atoms with Crippen LogP contribution in [0.2, 0.25) is 0 Å². The summed E-state index contributed by atoms with van der Waals surface area (Å²) < 4.78 is 46.7. The first-order valence-electron chi connectivity index (χ1n) is 8.43. The summed E-state index contributed by atoms with van der Waals surface area (Å²) in [5, 5.41) is 0. The first-order valence-corrected chi connectivity index (χ1v) is 10.1. The number of carbonyl (C=O) groups excluding carboxylic acids is 1. The van der Waals surface area contributed by atoms with E-state index in [1.165, 1.54) is 28.4 Å². The second kappa shape index (κ2) is 9.33. The molecule has 2 aromatic carbocycles. The second-order valence-electron chi connectivity index (χ2n) is 5.93. The SMILES string of the molecule is COc1ccc(CS(=O)(=O)C(=Cc2c(OC)cc(OC)cc2OC)C(N)=O)cc1. The van der Waals surface area contributed by atoms with Gasteiger partial charge in [0.1, 0.15) is 27.9 Å². The fourth-order valence-electron chi connectivity index (χ4n) is 2.64. The number of rotatable bonds is 9. The van der Waals surface area contributed by atoms with Crippen LogP contribution in [0, 0.1) is 0 Å². The quantitative estimate of drug-likeness (QED) is 0.617. The lowest BCUT2D eigenvalue weighted by Gasteiger charge is -2.14. The zero-order valence-corrected chi connectivity index (χ0v) is 17.4. The van der Waals surface area contributed by atoms with Gasteiger partial charge in [-0.15, -0.1) is 0 Å². The van der Waals surface area contributed by atoms with Crippen molar-refractivity contribution in [2.45, 2.75) is 5.75 Å². The summed E-state index contributed by atoms with van der Waals surface area (Å²) in [5.41, 5.74) is 6.13. The minimum atomic E-state index is -4.05. The largest absolute Gasteiger partial charge is 0.497 e. The minimum absolute atomic E-state index is 0.253. The lowest BCUT2D eigenvalue weighted by Crippen LogP contribution is -2.22. The van der Waals surface area contributed by atoms with Gasteiger partial charge >= 0.3 is 0 Å². The number of benzene rings is 2. The summed E-state index contributed by atoms with van der Waals surface area (Å²) in [4.78, 5) is 11.5. The Morgan fingerprint density at radius 1 is 0.897 bits per heavy atom. The summed E-state index contributed by atoms with van der Waals surface area (Å²) in [6, 6.07) is 9.56. The Kier molecular flexibility index (Phi) is 7.11. The van der Waals surface area contributed by atoms with Crippen molar-refractivity contribution in [3.8, 4) is 23.0 Å². The summed E-state index contributed by atoms with van der Waals surface area (Å²) in [5.74, 6) is 0.0618. The van der Waals surface area contributed by atoms with E-state index in [0.717, 1.165) is 6.08 Å². The summed E-state index contributed by atoms with van der Waals surface area (Å²) in [6.07, 6.45) is 1.15. The van der Waals surface area contributed by atoms with Crippen molar-refractivity contribution < 1.29 is 32.2 Å².